The van der Waals surface area contributed by atoms with Crippen molar-refractivity contribution in [1.29, 1.82) is 0 Å². The summed E-state index contributed by atoms with van der Waals surface area (Å²) in [4.78, 5) is 14.1. The SMILES string of the molecule is O=C(O)[C@@]12CCC[C@H]1CN(Cc1ccc3ccccc3c1)C2. The summed E-state index contributed by atoms with van der Waals surface area (Å²) < 4.78 is 0. The summed E-state index contributed by atoms with van der Waals surface area (Å²) >= 11 is 0. The van der Waals surface area contributed by atoms with E-state index in [1.807, 2.05) is 0 Å². The zero-order chi connectivity index (χ0) is 15.2. The van der Waals surface area contributed by atoms with Crippen LogP contribution in [-0.4, -0.2) is 29.1 Å². The van der Waals surface area contributed by atoms with E-state index in [1.54, 1.807) is 0 Å². The monoisotopic (exact) mass is 295 g/mol. The number of carboxylic acid groups (broad SMARTS) is 1. The average Bonchev–Trinajstić information content (AvgIpc) is 3.05. The highest BCUT2D eigenvalue weighted by Gasteiger charge is 2.54. The molecular formula is C19H21NO2. The van der Waals surface area contributed by atoms with Crippen LogP contribution in [0.3, 0.4) is 0 Å². The van der Waals surface area contributed by atoms with E-state index in [-0.39, 0.29) is 0 Å². The van der Waals surface area contributed by atoms with Crippen molar-refractivity contribution in [3.63, 3.8) is 0 Å². The first-order valence-corrected chi connectivity index (χ1v) is 8.11. The van der Waals surface area contributed by atoms with E-state index in [0.717, 1.165) is 32.4 Å². The van der Waals surface area contributed by atoms with E-state index >= 15 is 0 Å². The standard InChI is InChI=1S/C19H21NO2/c21-18(22)19-9-3-6-17(19)12-20(13-19)11-14-7-8-15-4-1-2-5-16(15)10-14/h1-2,4-5,7-8,10,17H,3,6,9,11-13H2,(H,21,22)/t17-,19+/m0/s1. The Kier molecular flexibility index (Phi) is 3.19. The Balaban J connectivity index is 1.55. The number of likely N-dealkylation sites (tertiary alicyclic amines) is 1. The maximum atomic E-state index is 11.8. The van der Waals surface area contributed by atoms with Gasteiger partial charge in [-0.3, -0.25) is 9.69 Å². The Bertz CT molecular complexity index is 726. The molecule has 0 radical (unpaired) electrons. The topological polar surface area (TPSA) is 40.5 Å². The third kappa shape index (κ3) is 2.12. The fourth-order valence-electron chi connectivity index (χ4n) is 4.46. The number of benzene rings is 2. The van der Waals surface area contributed by atoms with Crippen molar-refractivity contribution in [3.8, 4) is 0 Å². The van der Waals surface area contributed by atoms with Gasteiger partial charge in [0.1, 0.15) is 0 Å². The molecule has 3 nitrogen and oxygen atoms in total. The van der Waals surface area contributed by atoms with Gasteiger partial charge in [0.05, 0.1) is 5.41 Å². The van der Waals surface area contributed by atoms with Gasteiger partial charge in [0.25, 0.3) is 0 Å². The molecule has 22 heavy (non-hydrogen) atoms. The molecule has 2 aliphatic rings. The molecule has 0 unspecified atom stereocenters. The zero-order valence-electron chi connectivity index (χ0n) is 12.7. The predicted molar refractivity (Wildman–Crippen MR) is 86.6 cm³/mol. The van der Waals surface area contributed by atoms with Crippen LogP contribution in [0.25, 0.3) is 10.8 Å². The molecule has 3 heteroatoms. The summed E-state index contributed by atoms with van der Waals surface area (Å²) in [5.41, 5.74) is 0.802. The van der Waals surface area contributed by atoms with Crippen molar-refractivity contribution in [1.82, 2.24) is 4.90 Å². The Labute approximate surface area is 130 Å². The average molecular weight is 295 g/mol. The molecule has 1 saturated carbocycles. The molecule has 1 heterocycles. The van der Waals surface area contributed by atoms with E-state index in [1.165, 1.54) is 16.3 Å². The predicted octanol–water partition coefficient (Wildman–Crippen LogP) is 3.53. The van der Waals surface area contributed by atoms with Crippen LogP contribution in [0.2, 0.25) is 0 Å². The second-order valence-electron chi connectivity index (χ2n) is 6.90. The van der Waals surface area contributed by atoms with Gasteiger partial charge < -0.3 is 5.11 Å². The van der Waals surface area contributed by atoms with Gasteiger partial charge in [-0.2, -0.15) is 0 Å². The summed E-state index contributed by atoms with van der Waals surface area (Å²) in [6, 6.07) is 14.9. The van der Waals surface area contributed by atoms with E-state index in [4.69, 9.17) is 0 Å². The first kappa shape index (κ1) is 13.8. The quantitative estimate of drug-likeness (QED) is 0.941. The van der Waals surface area contributed by atoms with Crippen LogP contribution >= 0.6 is 0 Å². The minimum absolute atomic E-state index is 0.338. The Morgan fingerprint density at radius 1 is 1.23 bits per heavy atom. The molecule has 2 fully saturated rings. The second-order valence-corrected chi connectivity index (χ2v) is 6.90. The summed E-state index contributed by atoms with van der Waals surface area (Å²) in [5.74, 6) is -0.249. The number of carbonyl (C=O) groups is 1. The third-order valence-corrected chi connectivity index (χ3v) is 5.59. The largest absolute Gasteiger partial charge is 0.481 e. The number of aliphatic carboxylic acids is 1. The van der Waals surface area contributed by atoms with Gasteiger partial charge in [-0.15, -0.1) is 0 Å². The molecule has 0 aromatic heterocycles. The van der Waals surface area contributed by atoms with Crippen LogP contribution in [-0.2, 0) is 11.3 Å². The molecule has 0 bridgehead atoms. The molecule has 2 atom stereocenters. The van der Waals surface area contributed by atoms with Crippen molar-refractivity contribution in [2.45, 2.75) is 25.8 Å². The van der Waals surface area contributed by atoms with Crippen molar-refractivity contribution in [2.24, 2.45) is 11.3 Å². The van der Waals surface area contributed by atoms with E-state index in [0.29, 0.717) is 12.5 Å². The number of nitrogens with zero attached hydrogens (tertiary/aromatic N) is 1. The van der Waals surface area contributed by atoms with Crippen molar-refractivity contribution >= 4 is 16.7 Å². The van der Waals surface area contributed by atoms with Crippen molar-refractivity contribution in [2.75, 3.05) is 13.1 Å². The third-order valence-electron chi connectivity index (χ3n) is 5.59. The van der Waals surface area contributed by atoms with Gasteiger partial charge in [0.2, 0.25) is 0 Å². The van der Waals surface area contributed by atoms with E-state index in [9.17, 15) is 9.90 Å². The van der Waals surface area contributed by atoms with Crippen LogP contribution in [0.4, 0.5) is 0 Å². The lowest BCUT2D eigenvalue weighted by atomic mass is 9.81. The van der Waals surface area contributed by atoms with Crippen molar-refractivity contribution < 1.29 is 9.90 Å². The number of fused-ring (bicyclic) bond motifs is 2. The van der Waals surface area contributed by atoms with Gasteiger partial charge in [-0.05, 0) is 41.2 Å². The Morgan fingerprint density at radius 3 is 2.82 bits per heavy atom. The maximum absolute atomic E-state index is 11.8. The van der Waals surface area contributed by atoms with E-state index < -0.39 is 11.4 Å². The Hall–Kier alpha value is -1.87. The molecule has 1 saturated heterocycles. The van der Waals surface area contributed by atoms with Crippen molar-refractivity contribution in [3.05, 3.63) is 48.0 Å². The molecule has 0 spiro atoms. The summed E-state index contributed by atoms with van der Waals surface area (Å²) in [6.07, 6.45) is 2.99. The summed E-state index contributed by atoms with van der Waals surface area (Å²) in [6.45, 7) is 2.50. The van der Waals surface area contributed by atoms with Crippen LogP contribution in [0.1, 0.15) is 24.8 Å². The second kappa shape index (κ2) is 5.10. The maximum Gasteiger partial charge on any atom is 0.311 e. The Morgan fingerprint density at radius 2 is 2.05 bits per heavy atom. The molecule has 1 aliphatic carbocycles. The van der Waals surface area contributed by atoms with Crippen LogP contribution in [0.5, 0.6) is 0 Å². The molecule has 4 rings (SSSR count). The lowest BCUT2D eigenvalue weighted by Crippen LogP contribution is -2.35. The molecule has 2 aromatic rings. The highest BCUT2D eigenvalue weighted by Crippen LogP contribution is 2.49. The number of carboxylic acids is 1. The molecule has 114 valence electrons. The van der Waals surface area contributed by atoms with Crippen LogP contribution < -0.4 is 0 Å². The highest BCUT2D eigenvalue weighted by molar-refractivity contribution is 5.83. The first-order chi connectivity index (χ1) is 10.7. The first-order valence-electron chi connectivity index (χ1n) is 8.11. The van der Waals surface area contributed by atoms with Gasteiger partial charge in [0, 0.05) is 19.6 Å². The van der Waals surface area contributed by atoms with Crippen LogP contribution in [0, 0.1) is 11.3 Å². The molecule has 1 aliphatic heterocycles. The lowest BCUT2D eigenvalue weighted by Gasteiger charge is -2.23. The molecule has 1 N–H and O–H groups in total. The van der Waals surface area contributed by atoms with Gasteiger partial charge in [0.15, 0.2) is 0 Å². The zero-order valence-corrected chi connectivity index (χ0v) is 12.7. The van der Waals surface area contributed by atoms with Gasteiger partial charge in [-0.25, -0.2) is 0 Å². The summed E-state index contributed by atoms with van der Waals surface area (Å²) in [7, 11) is 0. The fraction of sp³-hybridized carbons (Fsp3) is 0.421. The molecule has 0 amide bonds. The van der Waals surface area contributed by atoms with Gasteiger partial charge in [-0.1, -0.05) is 42.8 Å². The van der Waals surface area contributed by atoms with E-state index in [2.05, 4.69) is 47.4 Å². The van der Waals surface area contributed by atoms with Gasteiger partial charge >= 0.3 is 5.97 Å². The normalized spacial score (nSPS) is 28.1. The number of rotatable bonds is 3. The minimum Gasteiger partial charge on any atom is -0.481 e. The highest BCUT2D eigenvalue weighted by atomic mass is 16.4. The minimum atomic E-state index is -0.587. The lowest BCUT2D eigenvalue weighted by molar-refractivity contribution is -0.149. The molecular weight excluding hydrogens is 274 g/mol. The summed E-state index contributed by atoms with van der Waals surface area (Å²) in [5, 5.41) is 12.2. The number of hydrogen-bond donors (Lipinski definition) is 1. The van der Waals surface area contributed by atoms with Crippen LogP contribution in [0.15, 0.2) is 42.5 Å². The number of hydrogen-bond acceptors (Lipinski definition) is 2. The molecule has 2 aromatic carbocycles. The smallest absolute Gasteiger partial charge is 0.311 e. The fourth-order valence-corrected chi connectivity index (χ4v) is 4.46.